The second kappa shape index (κ2) is 9.80. The molecule has 2 aromatic rings. The average molecular weight is 494 g/mol. The van der Waals surface area contributed by atoms with Crippen molar-refractivity contribution in [2.75, 3.05) is 13.3 Å². The standard InChI is InChI=1S/C23H24ClNO7S/c1-15(26)16-5-7-20(8-6-16)33(28,29)25-9-3-2-4-21(25)23(27)31-13-18-11-19(24)10-17-12-30-14-32-22(17)18/h5-8,10-11,21H,2-4,9,12-14H2,1H3. The minimum atomic E-state index is -3.94. The van der Waals surface area contributed by atoms with Gasteiger partial charge in [0.25, 0.3) is 0 Å². The minimum Gasteiger partial charge on any atom is -0.467 e. The zero-order valence-corrected chi connectivity index (χ0v) is 19.7. The summed E-state index contributed by atoms with van der Waals surface area (Å²) < 4.78 is 44.1. The third kappa shape index (κ3) is 5.06. The van der Waals surface area contributed by atoms with Crippen LogP contribution in [0, 0.1) is 0 Å². The highest BCUT2D eigenvalue weighted by molar-refractivity contribution is 7.89. The van der Waals surface area contributed by atoms with Crippen molar-refractivity contribution in [3.8, 4) is 5.75 Å². The number of piperidine rings is 1. The largest absolute Gasteiger partial charge is 0.467 e. The molecule has 0 saturated carbocycles. The van der Waals surface area contributed by atoms with E-state index in [0.29, 0.717) is 47.8 Å². The maximum Gasteiger partial charge on any atom is 0.324 e. The van der Waals surface area contributed by atoms with Crippen LogP contribution in [-0.2, 0) is 37.5 Å². The molecule has 0 amide bonds. The van der Waals surface area contributed by atoms with E-state index in [4.69, 9.17) is 25.8 Å². The Kier molecular flexibility index (Phi) is 7.04. The van der Waals surface area contributed by atoms with Gasteiger partial charge in [-0.15, -0.1) is 0 Å². The van der Waals surface area contributed by atoms with Gasteiger partial charge in [0.05, 0.1) is 11.5 Å². The van der Waals surface area contributed by atoms with Gasteiger partial charge in [0.1, 0.15) is 18.4 Å². The molecule has 0 aliphatic carbocycles. The van der Waals surface area contributed by atoms with Crippen LogP contribution in [0.1, 0.15) is 47.7 Å². The quantitative estimate of drug-likeness (QED) is 0.447. The molecule has 8 nitrogen and oxygen atoms in total. The topological polar surface area (TPSA) is 99.2 Å². The van der Waals surface area contributed by atoms with Gasteiger partial charge in [-0.05, 0) is 50.5 Å². The number of halogens is 1. The molecule has 2 heterocycles. The maximum absolute atomic E-state index is 13.3. The first-order valence-corrected chi connectivity index (χ1v) is 12.4. The highest BCUT2D eigenvalue weighted by Crippen LogP contribution is 2.33. The van der Waals surface area contributed by atoms with Crippen molar-refractivity contribution < 1.29 is 32.2 Å². The van der Waals surface area contributed by atoms with Crippen LogP contribution in [0.25, 0.3) is 0 Å². The normalized spacial score (nSPS) is 18.8. The van der Waals surface area contributed by atoms with Crippen LogP contribution in [-0.4, -0.2) is 43.9 Å². The minimum absolute atomic E-state index is 0.0320. The van der Waals surface area contributed by atoms with Crippen LogP contribution in [0.3, 0.4) is 0 Å². The molecule has 1 unspecified atom stereocenters. The number of Topliss-reactive ketones (excluding diaryl/α,β-unsaturated/α-hetero) is 1. The molecule has 4 rings (SSSR count). The second-order valence-electron chi connectivity index (χ2n) is 7.98. The Labute approximate surface area is 197 Å². The molecule has 2 aromatic carbocycles. The lowest BCUT2D eigenvalue weighted by atomic mass is 10.1. The Bertz CT molecular complexity index is 1160. The summed E-state index contributed by atoms with van der Waals surface area (Å²) >= 11 is 6.17. The number of fused-ring (bicyclic) bond motifs is 1. The van der Waals surface area contributed by atoms with Crippen molar-refractivity contribution >= 4 is 33.4 Å². The molecular weight excluding hydrogens is 470 g/mol. The number of hydrogen-bond acceptors (Lipinski definition) is 7. The lowest BCUT2D eigenvalue weighted by Crippen LogP contribution is -2.48. The zero-order valence-electron chi connectivity index (χ0n) is 18.1. The van der Waals surface area contributed by atoms with Crippen molar-refractivity contribution in [2.45, 2.75) is 50.3 Å². The van der Waals surface area contributed by atoms with Crippen LogP contribution in [0.4, 0.5) is 0 Å². The number of rotatable bonds is 6. The summed E-state index contributed by atoms with van der Waals surface area (Å²) in [4.78, 5) is 24.5. The fourth-order valence-electron chi connectivity index (χ4n) is 4.03. The van der Waals surface area contributed by atoms with E-state index in [1.165, 1.54) is 35.5 Å². The Morgan fingerprint density at radius 3 is 2.67 bits per heavy atom. The fourth-order valence-corrected chi connectivity index (χ4v) is 5.94. The molecule has 1 atom stereocenters. The van der Waals surface area contributed by atoms with E-state index < -0.39 is 22.0 Å². The molecule has 2 aliphatic heterocycles. The number of esters is 1. The van der Waals surface area contributed by atoms with E-state index in [0.717, 1.165) is 5.56 Å². The number of sulfonamides is 1. The third-order valence-corrected chi connectivity index (χ3v) is 7.86. The number of carbonyl (C=O) groups is 2. The Morgan fingerprint density at radius 1 is 1.18 bits per heavy atom. The first-order chi connectivity index (χ1) is 15.8. The molecule has 1 fully saturated rings. The van der Waals surface area contributed by atoms with Crippen LogP contribution in [0.5, 0.6) is 5.75 Å². The van der Waals surface area contributed by atoms with Crippen LogP contribution >= 0.6 is 11.6 Å². The highest BCUT2D eigenvalue weighted by atomic mass is 35.5. The molecule has 0 aromatic heterocycles. The van der Waals surface area contributed by atoms with Crippen LogP contribution in [0.15, 0.2) is 41.3 Å². The smallest absolute Gasteiger partial charge is 0.324 e. The first-order valence-electron chi connectivity index (χ1n) is 10.6. The second-order valence-corrected chi connectivity index (χ2v) is 10.3. The zero-order chi connectivity index (χ0) is 23.6. The molecule has 33 heavy (non-hydrogen) atoms. The summed E-state index contributed by atoms with van der Waals surface area (Å²) in [5.41, 5.74) is 1.77. The Morgan fingerprint density at radius 2 is 1.94 bits per heavy atom. The molecule has 0 N–H and O–H groups in total. The number of hydrogen-bond donors (Lipinski definition) is 0. The van der Waals surface area contributed by atoms with Crippen molar-refractivity contribution in [3.05, 3.63) is 58.1 Å². The SMILES string of the molecule is CC(=O)c1ccc(S(=O)(=O)N2CCCCC2C(=O)OCc2cc(Cl)cc3c2OCOC3)cc1. The summed E-state index contributed by atoms with van der Waals surface area (Å²) in [6, 6.07) is 8.17. The van der Waals surface area contributed by atoms with E-state index in [2.05, 4.69) is 0 Å². The number of benzene rings is 2. The third-order valence-electron chi connectivity index (χ3n) is 5.71. The summed E-state index contributed by atoms with van der Waals surface area (Å²) in [5.74, 6) is -0.214. The van der Waals surface area contributed by atoms with E-state index in [1.807, 2.05) is 0 Å². The van der Waals surface area contributed by atoms with Gasteiger partial charge in [-0.1, -0.05) is 23.7 Å². The lowest BCUT2D eigenvalue weighted by Gasteiger charge is -2.33. The average Bonchev–Trinajstić information content (AvgIpc) is 2.82. The van der Waals surface area contributed by atoms with Gasteiger partial charge < -0.3 is 14.2 Å². The molecule has 0 bridgehead atoms. The molecule has 1 saturated heterocycles. The summed E-state index contributed by atoms with van der Waals surface area (Å²) in [7, 11) is -3.94. The van der Waals surface area contributed by atoms with Crippen molar-refractivity contribution in [1.29, 1.82) is 0 Å². The van der Waals surface area contributed by atoms with Gasteiger partial charge in [-0.2, -0.15) is 4.31 Å². The summed E-state index contributed by atoms with van der Waals surface area (Å²) in [5, 5.41) is 0.463. The number of nitrogens with zero attached hydrogens (tertiary/aromatic N) is 1. The maximum atomic E-state index is 13.3. The van der Waals surface area contributed by atoms with E-state index in [-0.39, 0.29) is 30.6 Å². The molecule has 0 radical (unpaired) electrons. The molecule has 176 valence electrons. The van der Waals surface area contributed by atoms with Crippen LogP contribution in [0.2, 0.25) is 5.02 Å². The number of ether oxygens (including phenoxy) is 3. The Hall–Kier alpha value is -2.46. The highest BCUT2D eigenvalue weighted by Gasteiger charge is 2.38. The van der Waals surface area contributed by atoms with Gasteiger partial charge in [0.15, 0.2) is 12.6 Å². The van der Waals surface area contributed by atoms with E-state index >= 15 is 0 Å². The van der Waals surface area contributed by atoms with Gasteiger partial charge in [-0.25, -0.2) is 8.42 Å². The van der Waals surface area contributed by atoms with Crippen LogP contribution < -0.4 is 4.74 Å². The number of carbonyl (C=O) groups excluding carboxylic acids is 2. The van der Waals surface area contributed by atoms with Gasteiger partial charge in [0, 0.05) is 28.3 Å². The Balaban J connectivity index is 1.52. The molecule has 0 spiro atoms. The predicted octanol–water partition coefficient (Wildman–Crippen LogP) is 3.70. The van der Waals surface area contributed by atoms with Crippen molar-refractivity contribution in [3.63, 3.8) is 0 Å². The monoisotopic (exact) mass is 493 g/mol. The molecule has 10 heteroatoms. The van der Waals surface area contributed by atoms with Gasteiger partial charge >= 0.3 is 5.97 Å². The van der Waals surface area contributed by atoms with E-state index in [9.17, 15) is 18.0 Å². The van der Waals surface area contributed by atoms with Crippen molar-refractivity contribution in [2.24, 2.45) is 0 Å². The van der Waals surface area contributed by atoms with E-state index in [1.54, 1.807) is 12.1 Å². The lowest BCUT2D eigenvalue weighted by molar-refractivity contribution is -0.150. The van der Waals surface area contributed by atoms with Gasteiger partial charge in [0.2, 0.25) is 10.0 Å². The molecular formula is C23H24ClNO7S. The molecule has 2 aliphatic rings. The van der Waals surface area contributed by atoms with Gasteiger partial charge in [-0.3, -0.25) is 9.59 Å². The predicted molar refractivity (Wildman–Crippen MR) is 120 cm³/mol. The summed E-state index contributed by atoms with van der Waals surface area (Å²) in [6.07, 6.45) is 1.72. The summed E-state index contributed by atoms with van der Waals surface area (Å²) in [6.45, 7) is 1.96. The fraction of sp³-hybridized carbons (Fsp3) is 0.391. The number of ketones is 1. The van der Waals surface area contributed by atoms with Crippen molar-refractivity contribution in [1.82, 2.24) is 4.31 Å². The first kappa shape index (κ1) is 23.7.